The first-order chi connectivity index (χ1) is 9.95. The molecule has 0 bridgehead atoms. The van der Waals surface area contributed by atoms with E-state index in [4.69, 9.17) is 4.74 Å². The van der Waals surface area contributed by atoms with E-state index in [-0.39, 0.29) is 5.97 Å². The van der Waals surface area contributed by atoms with Crippen molar-refractivity contribution in [2.45, 2.75) is 59.8 Å². The van der Waals surface area contributed by atoms with Crippen LogP contribution in [0.25, 0.3) is 0 Å². The maximum atomic E-state index is 10.9. The SMILES string of the molecule is CC(=O)OC/C(=C/CCBr)CC/C=C(\C)CCC=C(C)C. The molecular weight excluding hydrogens is 328 g/mol. The van der Waals surface area contributed by atoms with E-state index in [0.29, 0.717) is 6.61 Å². The molecule has 0 unspecified atom stereocenters. The lowest BCUT2D eigenvalue weighted by atomic mass is 10.1. The van der Waals surface area contributed by atoms with E-state index in [1.54, 1.807) is 0 Å². The maximum Gasteiger partial charge on any atom is 0.302 e. The Bertz CT molecular complexity index is 388. The summed E-state index contributed by atoms with van der Waals surface area (Å²) in [5.41, 5.74) is 4.02. The van der Waals surface area contributed by atoms with E-state index in [0.717, 1.165) is 37.4 Å². The Morgan fingerprint density at radius 1 is 0.952 bits per heavy atom. The maximum absolute atomic E-state index is 10.9. The van der Waals surface area contributed by atoms with Crippen molar-refractivity contribution >= 4 is 21.9 Å². The van der Waals surface area contributed by atoms with Crippen LogP contribution in [-0.4, -0.2) is 17.9 Å². The number of ether oxygens (including phenoxy) is 1. The second kappa shape index (κ2) is 12.9. The van der Waals surface area contributed by atoms with E-state index in [1.165, 1.54) is 23.6 Å². The van der Waals surface area contributed by atoms with Gasteiger partial charge in [0.25, 0.3) is 0 Å². The number of carbonyl (C=O) groups excluding carboxylic acids is 1. The quantitative estimate of drug-likeness (QED) is 0.283. The van der Waals surface area contributed by atoms with Crippen LogP contribution in [0.4, 0.5) is 0 Å². The Kier molecular flexibility index (Phi) is 12.4. The molecule has 0 aliphatic carbocycles. The van der Waals surface area contributed by atoms with Gasteiger partial charge in [-0.05, 0) is 58.4 Å². The Morgan fingerprint density at radius 3 is 2.19 bits per heavy atom. The Labute approximate surface area is 138 Å². The monoisotopic (exact) mass is 356 g/mol. The van der Waals surface area contributed by atoms with E-state index in [9.17, 15) is 4.79 Å². The van der Waals surface area contributed by atoms with Gasteiger partial charge in [0.15, 0.2) is 0 Å². The third-order valence-electron chi connectivity index (χ3n) is 3.05. The molecule has 0 saturated carbocycles. The highest BCUT2D eigenvalue weighted by atomic mass is 79.9. The third-order valence-corrected chi connectivity index (χ3v) is 3.51. The van der Waals surface area contributed by atoms with E-state index in [2.05, 4.69) is 54.9 Å². The average Bonchev–Trinajstić information content (AvgIpc) is 2.40. The first-order valence-electron chi connectivity index (χ1n) is 7.62. The number of halogens is 1. The molecule has 2 nitrogen and oxygen atoms in total. The van der Waals surface area contributed by atoms with Crippen LogP contribution in [-0.2, 0) is 9.53 Å². The van der Waals surface area contributed by atoms with Gasteiger partial charge in [0.1, 0.15) is 6.61 Å². The number of allylic oxidation sites excluding steroid dienone is 5. The van der Waals surface area contributed by atoms with Crippen molar-refractivity contribution in [3.05, 3.63) is 34.9 Å². The standard InChI is InChI=1S/C18H29BrO2/c1-15(2)8-5-9-16(3)10-6-11-18(12-7-13-19)14-21-17(4)20/h8,10,12H,5-7,9,11,13-14H2,1-4H3/b16-10+,18-12+. The second-order valence-electron chi connectivity index (χ2n) is 5.53. The third kappa shape index (κ3) is 13.9. The van der Waals surface area contributed by atoms with E-state index < -0.39 is 0 Å². The molecular formula is C18H29BrO2. The van der Waals surface area contributed by atoms with Gasteiger partial charge < -0.3 is 4.74 Å². The lowest BCUT2D eigenvalue weighted by Gasteiger charge is -2.07. The van der Waals surface area contributed by atoms with Crippen molar-refractivity contribution in [3.8, 4) is 0 Å². The van der Waals surface area contributed by atoms with Crippen LogP contribution in [0.3, 0.4) is 0 Å². The molecule has 0 aromatic rings. The minimum Gasteiger partial charge on any atom is -0.461 e. The molecule has 0 amide bonds. The van der Waals surface area contributed by atoms with Gasteiger partial charge in [-0.25, -0.2) is 0 Å². The van der Waals surface area contributed by atoms with Crippen molar-refractivity contribution < 1.29 is 9.53 Å². The van der Waals surface area contributed by atoms with Crippen LogP contribution < -0.4 is 0 Å². The molecule has 0 rings (SSSR count). The summed E-state index contributed by atoms with van der Waals surface area (Å²) in [6, 6.07) is 0. The van der Waals surface area contributed by atoms with Gasteiger partial charge in [-0.1, -0.05) is 45.3 Å². The first kappa shape index (κ1) is 20.2. The van der Waals surface area contributed by atoms with Crippen LogP contribution in [0.1, 0.15) is 59.8 Å². The van der Waals surface area contributed by atoms with Crippen molar-refractivity contribution in [3.63, 3.8) is 0 Å². The molecule has 0 atom stereocenters. The first-order valence-corrected chi connectivity index (χ1v) is 8.74. The molecule has 0 aromatic carbocycles. The smallest absolute Gasteiger partial charge is 0.302 e. The second-order valence-corrected chi connectivity index (χ2v) is 6.32. The topological polar surface area (TPSA) is 26.3 Å². The largest absolute Gasteiger partial charge is 0.461 e. The van der Waals surface area contributed by atoms with Crippen molar-refractivity contribution in [1.82, 2.24) is 0 Å². The number of carbonyl (C=O) groups is 1. The summed E-state index contributed by atoms with van der Waals surface area (Å²) in [7, 11) is 0. The molecule has 0 heterocycles. The molecule has 21 heavy (non-hydrogen) atoms. The number of rotatable bonds is 10. The summed E-state index contributed by atoms with van der Waals surface area (Å²) in [6.45, 7) is 8.33. The molecule has 0 radical (unpaired) electrons. The van der Waals surface area contributed by atoms with Crippen LogP contribution >= 0.6 is 15.9 Å². The number of alkyl halides is 1. The van der Waals surface area contributed by atoms with E-state index in [1.807, 2.05) is 0 Å². The van der Waals surface area contributed by atoms with Crippen LogP contribution in [0.2, 0.25) is 0 Å². The lowest BCUT2D eigenvalue weighted by molar-refractivity contribution is -0.140. The summed E-state index contributed by atoms with van der Waals surface area (Å²) in [5.74, 6) is -0.215. The van der Waals surface area contributed by atoms with E-state index >= 15 is 0 Å². The average molecular weight is 357 g/mol. The van der Waals surface area contributed by atoms with Crippen LogP contribution in [0, 0.1) is 0 Å². The zero-order chi connectivity index (χ0) is 16.1. The molecule has 0 aromatic heterocycles. The minimum absolute atomic E-state index is 0.215. The highest BCUT2D eigenvalue weighted by Crippen LogP contribution is 2.13. The summed E-state index contributed by atoms with van der Waals surface area (Å²) in [4.78, 5) is 10.9. The predicted octanol–water partition coefficient (Wildman–Crippen LogP) is 5.73. The molecule has 120 valence electrons. The van der Waals surface area contributed by atoms with Crippen molar-refractivity contribution in [1.29, 1.82) is 0 Å². The number of hydrogen-bond acceptors (Lipinski definition) is 2. The van der Waals surface area contributed by atoms with Crippen molar-refractivity contribution in [2.75, 3.05) is 11.9 Å². The van der Waals surface area contributed by atoms with Crippen LogP contribution in [0.5, 0.6) is 0 Å². The molecule has 0 aliphatic heterocycles. The summed E-state index contributed by atoms with van der Waals surface area (Å²) in [6.07, 6.45) is 11.9. The molecule has 0 N–H and O–H groups in total. The highest BCUT2D eigenvalue weighted by Gasteiger charge is 2.00. The van der Waals surface area contributed by atoms with Crippen molar-refractivity contribution in [2.24, 2.45) is 0 Å². The number of esters is 1. The fourth-order valence-electron chi connectivity index (χ4n) is 1.88. The molecule has 0 saturated heterocycles. The van der Waals surface area contributed by atoms with Gasteiger partial charge in [0, 0.05) is 12.3 Å². The summed E-state index contributed by atoms with van der Waals surface area (Å²) < 4.78 is 5.10. The molecule has 0 fully saturated rings. The fourth-order valence-corrected chi connectivity index (χ4v) is 2.11. The zero-order valence-corrected chi connectivity index (χ0v) is 15.5. The Hall–Kier alpha value is -0.830. The normalized spacial score (nSPS) is 12.2. The van der Waals surface area contributed by atoms with Gasteiger partial charge in [-0.3, -0.25) is 4.79 Å². The molecule has 0 aliphatic rings. The zero-order valence-electron chi connectivity index (χ0n) is 13.9. The molecule has 0 spiro atoms. The summed E-state index contributed by atoms with van der Waals surface area (Å²) in [5, 5.41) is 0.939. The minimum atomic E-state index is -0.215. The highest BCUT2D eigenvalue weighted by molar-refractivity contribution is 9.09. The Balaban J connectivity index is 4.21. The fraction of sp³-hybridized carbons (Fsp3) is 0.611. The van der Waals surface area contributed by atoms with Gasteiger partial charge in [-0.2, -0.15) is 0 Å². The van der Waals surface area contributed by atoms with Gasteiger partial charge in [0.05, 0.1) is 0 Å². The van der Waals surface area contributed by atoms with Crippen LogP contribution in [0.15, 0.2) is 34.9 Å². The van der Waals surface area contributed by atoms with Gasteiger partial charge >= 0.3 is 5.97 Å². The Morgan fingerprint density at radius 2 is 1.62 bits per heavy atom. The molecule has 3 heteroatoms. The summed E-state index contributed by atoms with van der Waals surface area (Å²) >= 11 is 3.42. The van der Waals surface area contributed by atoms with Gasteiger partial charge in [-0.15, -0.1) is 0 Å². The lowest BCUT2D eigenvalue weighted by Crippen LogP contribution is -2.03. The number of hydrogen-bond donors (Lipinski definition) is 0. The van der Waals surface area contributed by atoms with Gasteiger partial charge in [0.2, 0.25) is 0 Å². The predicted molar refractivity (Wildman–Crippen MR) is 94.8 cm³/mol.